The Hall–Kier alpha value is -2.51. The van der Waals surface area contributed by atoms with Gasteiger partial charge in [0.2, 0.25) is 0 Å². The van der Waals surface area contributed by atoms with E-state index < -0.39 is 5.97 Å². The number of carbonyl (C=O) groups is 1. The average Bonchev–Trinajstić information content (AvgIpc) is 2.54. The van der Waals surface area contributed by atoms with E-state index in [1.807, 2.05) is 36.6 Å². The third-order valence-electron chi connectivity index (χ3n) is 2.73. The molecule has 0 amide bonds. The zero-order chi connectivity index (χ0) is 15.1. The van der Waals surface area contributed by atoms with Crippen LogP contribution in [-0.4, -0.2) is 12.2 Å². The van der Waals surface area contributed by atoms with Crippen LogP contribution in [0.15, 0.2) is 59.5 Å². The number of ether oxygens (including phenoxy) is 1. The second-order valence-electron chi connectivity index (χ2n) is 4.16. The van der Waals surface area contributed by atoms with Crippen LogP contribution in [0.5, 0.6) is 5.75 Å². The average molecular weight is 295 g/mol. The van der Waals surface area contributed by atoms with Gasteiger partial charge in [0.05, 0.1) is 11.6 Å². The van der Waals surface area contributed by atoms with Gasteiger partial charge in [-0.2, -0.15) is 5.26 Å². The molecule has 2 aromatic rings. The SMILES string of the molecule is CSc1ccc(/C=C/C(=O)Oc2ccc(C#N)cc2)cc1. The first-order valence-corrected chi connectivity index (χ1v) is 7.48. The van der Waals surface area contributed by atoms with E-state index in [4.69, 9.17) is 10.00 Å². The number of nitriles is 1. The zero-order valence-electron chi connectivity index (χ0n) is 11.4. The standard InChI is InChI=1S/C17H13NO2S/c1-21-16-9-4-13(5-10-16)6-11-17(19)20-15-7-2-14(12-18)3-8-15/h2-11H,1H3/b11-6+. The first-order valence-electron chi connectivity index (χ1n) is 6.25. The fraction of sp³-hybridized carbons (Fsp3) is 0.0588. The molecule has 0 spiro atoms. The predicted molar refractivity (Wildman–Crippen MR) is 84.0 cm³/mol. The van der Waals surface area contributed by atoms with Crippen molar-refractivity contribution in [2.24, 2.45) is 0 Å². The van der Waals surface area contributed by atoms with Gasteiger partial charge in [0.25, 0.3) is 0 Å². The first kappa shape index (κ1) is 14.9. The number of esters is 1. The van der Waals surface area contributed by atoms with Gasteiger partial charge in [-0.3, -0.25) is 0 Å². The Kier molecular flexibility index (Phi) is 5.19. The zero-order valence-corrected chi connectivity index (χ0v) is 12.3. The highest BCUT2D eigenvalue weighted by Crippen LogP contribution is 2.16. The molecule has 3 nitrogen and oxygen atoms in total. The summed E-state index contributed by atoms with van der Waals surface area (Å²) in [6.45, 7) is 0. The molecule has 0 bridgehead atoms. The summed E-state index contributed by atoms with van der Waals surface area (Å²) in [5.74, 6) is -0.0324. The number of nitrogens with zero attached hydrogens (tertiary/aromatic N) is 1. The second-order valence-corrected chi connectivity index (χ2v) is 5.04. The van der Waals surface area contributed by atoms with Crippen LogP contribution in [0, 0.1) is 11.3 Å². The summed E-state index contributed by atoms with van der Waals surface area (Å²) in [5.41, 5.74) is 1.46. The molecule has 0 aliphatic heterocycles. The largest absolute Gasteiger partial charge is 0.423 e. The van der Waals surface area contributed by atoms with Crippen molar-refractivity contribution in [3.63, 3.8) is 0 Å². The number of rotatable bonds is 4. The van der Waals surface area contributed by atoms with Crippen LogP contribution in [0.4, 0.5) is 0 Å². The minimum atomic E-state index is -0.450. The Labute approximate surface area is 127 Å². The van der Waals surface area contributed by atoms with E-state index in [9.17, 15) is 4.79 Å². The third kappa shape index (κ3) is 4.51. The van der Waals surface area contributed by atoms with E-state index in [-0.39, 0.29) is 0 Å². The molecule has 21 heavy (non-hydrogen) atoms. The highest BCUT2D eigenvalue weighted by Gasteiger charge is 2.00. The summed E-state index contributed by atoms with van der Waals surface area (Å²) in [6.07, 6.45) is 5.10. The van der Waals surface area contributed by atoms with Crippen LogP contribution >= 0.6 is 11.8 Å². The summed E-state index contributed by atoms with van der Waals surface area (Å²) in [5, 5.41) is 8.69. The minimum absolute atomic E-state index is 0.418. The maximum absolute atomic E-state index is 11.7. The van der Waals surface area contributed by atoms with Gasteiger partial charge < -0.3 is 4.74 Å². The number of hydrogen-bond donors (Lipinski definition) is 0. The van der Waals surface area contributed by atoms with Crippen LogP contribution < -0.4 is 4.74 Å². The second kappa shape index (κ2) is 7.32. The molecule has 0 aromatic heterocycles. The molecule has 2 aromatic carbocycles. The molecule has 0 heterocycles. The molecule has 0 saturated carbocycles. The van der Waals surface area contributed by atoms with Gasteiger partial charge >= 0.3 is 5.97 Å². The lowest BCUT2D eigenvalue weighted by Crippen LogP contribution is -2.03. The molecule has 0 atom stereocenters. The summed E-state index contributed by atoms with van der Waals surface area (Å²) in [7, 11) is 0. The topological polar surface area (TPSA) is 50.1 Å². The van der Waals surface area contributed by atoms with Gasteiger partial charge in [0.1, 0.15) is 5.75 Å². The van der Waals surface area contributed by atoms with Crippen molar-refractivity contribution >= 4 is 23.8 Å². The maximum atomic E-state index is 11.7. The van der Waals surface area contributed by atoms with Crippen LogP contribution in [0.2, 0.25) is 0 Å². The molecule has 0 fully saturated rings. The lowest BCUT2D eigenvalue weighted by atomic mass is 10.2. The number of carbonyl (C=O) groups excluding carboxylic acids is 1. The Balaban J connectivity index is 1.96. The third-order valence-corrected chi connectivity index (χ3v) is 3.47. The quantitative estimate of drug-likeness (QED) is 0.371. The molecular weight excluding hydrogens is 282 g/mol. The first-order chi connectivity index (χ1) is 10.2. The molecule has 0 aliphatic carbocycles. The van der Waals surface area contributed by atoms with Crippen LogP contribution in [0.1, 0.15) is 11.1 Å². The fourth-order valence-corrected chi connectivity index (χ4v) is 2.04. The van der Waals surface area contributed by atoms with E-state index in [1.54, 1.807) is 42.1 Å². The van der Waals surface area contributed by atoms with Crippen molar-refractivity contribution in [1.29, 1.82) is 5.26 Å². The van der Waals surface area contributed by atoms with E-state index in [0.29, 0.717) is 11.3 Å². The minimum Gasteiger partial charge on any atom is -0.423 e. The van der Waals surface area contributed by atoms with Crippen molar-refractivity contribution in [1.82, 2.24) is 0 Å². The normalized spacial score (nSPS) is 10.3. The van der Waals surface area contributed by atoms with Gasteiger partial charge in [-0.05, 0) is 54.3 Å². The van der Waals surface area contributed by atoms with E-state index in [2.05, 4.69) is 0 Å². The van der Waals surface area contributed by atoms with E-state index in [0.717, 1.165) is 5.56 Å². The molecule has 0 unspecified atom stereocenters. The maximum Gasteiger partial charge on any atom is 0.336 e. The van der Waals surface area contributed by atoms with Gasteiger partial charge in [-0.1, -0.05) is 12.1 Å². The Morgan fingerprint density at radius 3 is 2.38 bits per heavy atom. The van der Waals surface area contributed by atoms with Gasteiger partial charge in [0.15, 0.2) is 0 Å². The summed E-state index contributed by atoms with van der Waals surface area (Å²) in [6, 6.07) is 16.3. The molecule has 4 heteroatoms. The molecule has 2 rings (SSSR count). The van der Waals surface area contributed by atoms with E-state index >= 15 is 0 Å². The monoisotopic (exact) mass is 295 g/mol. The molecule has 0 N–H and O–H groups in total. The fourth-order valence-electron chi connectivity index (χ4n) is 1.63. The van der Waals surface area contributed by atoms with Crippen molar-refractivity contribution in [2.45, 2.75) is 4.90 Å². The van der Waals surface area contributed by atoms with Crippen molar-refractivity contribution in [3.8, 4) is 11.8 Å². The van der Waals surface area contributed by atoms with Gasteiger partial charge in [-0.25, -0.2) is 4.79 Å². The Morgan fingerprint density at radius 1 is 1.14 bits per heavy atom. The molecule has 0 aliphatic rings. The van der Waals surface area contributed by atoms with Crippen molar-refractivity contribution in [3.05, 3.63) is 65.7 Å². The van der Waals surface area contributed by atoms with E-state index in [1.165, 1.54) is 11.0 Å². The Morgan fingerprint density at radius 2 is 1.81 bits per heavy atom. The smallest absolute Gasteiger partial charge is 0.336 e. The van der Waals surface area contributed by atoms with Crippen molar-refractivity contribution < 1.29 is 9.53 Å². The summed E-state index contributed by atoms with van der Waals surface area (Å²) < 4.78 is 5.14. The van der Waals surface area contributed by atoms with Crippen LogP contribution in [0.25, 0.3) is 6.08 Å². The van der Waals surface area contributed by atoms with Gasteiger partial charge in [0, 0.05) is 11.0 Å². The highest BCUT2D eigenvalue weighted by molar-refractivity contribution is 7.98. The lowest BCUT2D eigenvalue weighted by Gasteiger charge is -2.01. The van der Waals surface area contributed by atoms with Crippen molar-refractivity contribution in [2.75, 3.05) is 6.26 Å². The number of hydrogen-bond acceptors (Lipinski definition) is 4. The van der Waals surface area contributed by atoms with Crippen LogP contribution in [0.3, 0.4) is 0 Å². The highest BCUT2D eigenvalue weighted by atomic mass is 32.2. The number of thioether (sulfide) groups is 1. The molecule has 0 radical (unpaired) electrons. The predicted octanol–water partition coefficient (Wildman–Crippen LogP) is 3.90. The molecule has 0 saturated heterocycles. The lowest BCUT2D eigenvalue weighted by molar-refractivity contribution is -0.128. The summed E-state index contributed by atoms with van der Waals surface area (Å²) in [4.78, 5) is 12.9. The molecule has 104 valence electrons. The van der Waals surface area contributed by atoms with Gasteiger partial charge in [-0.15, -0.1) is 11.8 Å². The summed E-state index contributed by atoms with van der Waals surface area (Å²) >= 11 is 1.67. The van der Waals surface area contributed by atoms with Crippen LogP contribution in [-0.2, 0) is 4.79 Å². The Bertz CT molecular complexity index is 682. The molecular formula is C17H13NO2S. The number of benzene rings is 2.